The zero-order valence-electron chi connectivity index (χ0n) is 17.7. The van der Waals surface area contributed by atoms with E-state index in [1.165, 1.54) is 0 Å². The minimum absolute atomic E-state index is 0.279. The van der Waals surface area contributed by atoms with E-state index in [-0.39, 0.29) is 6.04 Å². The second kappa shape index (κ2) is 9.86. The maximum Gasteiger partial charge on any atom is 0.339 e. The molecule has 30 heavy (non-hydrogen) atoms. The molecule has 0 spiro atoms. The number of amides is 1. The summed E-state index contributed by atoms with van der Waals surface area (Å²) in [6, 6.07) is 9.70. The number of nitriles is 1. The van der Waals surface area contributed by atoms with Crippen molar-refractivity contribution in [3.8, 4) is 6.07 Å². The molecule has 0 atom stereocenters. The van der Waals surface area contributed by atoms with E-state index in [0.717, 1.165) is 47.6 Å². The van der Waals surface area contributed by atoms with Gasteiger partial charge in [-0.1, -0.05) is 31.9 Å². The number of aromatic nitrogens is 1. The molecule has 1 aliphatic carbocycles. The van der Waals surface area contributed by atoms with Crippen molar-refractivity contribution < 1.29 is 14.3 Å². The largest absolute Gasteiger partial charge is 0.452 e. The van der Waals surface area contributed by atoms with Crippen molar-refractivity contribution in [3.63, 3.8) is 0 Å². The third-order valence-electron chi connectivity index (χ3n) is 5.56. The van der Waals surface area contributed by atoms with Gasteiger partial charge in [-0.3, -0.25) is 4.79 Å². The van der Waals surface area contributed by atoms with Crippen LogP contribution in [0, 0.1) is 25.2 Å². The Bertz CT molecular complexity index is 984. The molecule has 1 heterocycles. The summed E-state index contributed by atoms with van der Waals surface area (Å²) in [6.45, 7) is 5.49. The maximum atomic E-state index is 12.6. The topological polar surface area (TPSA) is 84.1 Å². The van der Waals surface area contributed by atoms with Gasteiger partial charge in [0.1, 0.15) is 11.9 Å². The van der Waals surface area contributed by atoms with Gasteiger partial charge in [0, 0.05) is 16.6 Å². The van der Waals surface area contributed by atoms with Gasteiger partial charge in [-0.25, -0.2) is 4.79 Å². The summed E-state index contributed by atoms with van der Waals surface area (Å²) in [4.78, 5) is 25.9. The van der Waals surface area contributed by atoms with Gasteiger partial charge >= 0.3 is 5.97 Å². The molecular formula is C23H27N3O3S. The molecule has 0 aliphatic heterocycles. The van der Waals surface area contributed by atoms with Crippen LogP contribution in [-0.4, -0.2) is 28.8 Å². The van der Waals surface area contributed by atoms with Gasteiger partial charge in [-0.2, -0.15) is 5.26 Å². The van der Waals surface area contributed by atoms with E-state index < -0.39 is 18.5 Å². The van der Waals surface area contributed by atoms with Gasteiger partial charge < -0.3 is 14.6 Å². The van der Waals surface area contributed by atoms with Crippen LogP contribution in [0.2, 0.25) is 0 Å². The number of ether oxygens (including phenoxy) is 1. The highest BCUT2D eigenvalue weighted by atomic mass is 32.2. The van der Waals surface area contributed by atoms with Gasteiger partial charge in [0.05, 0.1) is 11.1 Å². The lowest BCUT2D eigenvalue weighted by Crippen LogP contribution is -2.24. The van der Waals surface area contributed by atoms with Gasteiger partial charge in [-0.05, 0) is 50.1 Å². The summed E-state index contributed by atoms with van der Waals surface area (Å²) in [5.74, 6) is 0.374. The van der Waals surface area contributed by atoms with Crippen molar-refractivity contribution in [2.24, 2.45) is 0 Å². The molecule has 1 aromatic heterocycles. The number of carbonyl (C=O) groups is 2. The van der Waals surface area contributed by atoms with Crippen molar-refractivity contribution >= 4 is 29.5 Å². The highest BCUT2D eigenvalue weighted by Crippen LogP contribution is 2.37. The van der Waals surface area contributed by atoms with Crippen molar-refractivity contribution in [1.82, 2.24) is 4.57 Å². The number of nitrogens with one attached hydrogen (secondary N) is 1. The van der Waals surface area contributed by atoms with Gasteiger partial charge in [0.25, 0.3) is 5.91 Å². The molecule has 158 valence electrons. The number of rotatable bonds is 7. The summed E-state index contributed by atoms with van der Waals surface area (Å²) < 4.78 is 7.35. The molecule has 0 saturated heterocycles. The Morgan fingerprint density at radius 3 is 2.63 bits per heavy atom. The predicted molar refractivity (Wildman–Crippen MR) is 118 cm³/mol. The Kier molecular flexibility index (Phi) is 7.22. The first-order valence-corrected chi connectivity index (χ1v) is 11.3. The highest BCUT2D eigenvalue weighted by Gasteiger charge is 2.27. The van der Waals surface area contributed by atoms with E-state index in [1.54, 1.807) is 23.9 Å². The van der Waals surface area contributed by atoms with Crippen LogP contribution >= 0.6 is 11.8 Å². The second-order valence-corrected chi connectivity index (χ2v) is 8.71. The smallest absolute Gasteiger partial charge is 0.339 e. The lowest BCUT2D eigenvalue weighted by molar-refractivity contribution is -0.119. The van der Waals surface area contributed by atoms with Crippen LogP contribution in [-0.2, 0) is 9.53 Å². The average Bonchev–Trinajstić information content (AvgIpc) is 3.34. The molecule has 0 bridgehead atoms. The lowest BCUT2D eigenvalue weighted by Gasteiger charge is -2.19. The van der Waals surface area contributed by atoms with Crippen molar-refractivity contribution in [1.29, 1.82) is 5.26 Å². The van der Waals surface area contributed by atoms with Crippen molar-refractivity contribution in [2.75, 3.05) is 17.7 Å². The number of esters is 1. The Morgan fingerprint density at radius 2 is 1.97 bits per heavy atom. The molecule has 6 nitrogen and oxygen atoms in total. The van der Waals surface area contributed by atoms with E-state index >= 15 is 0 Å². The Balaban J connectivity index is 1.73. The van der Waals surface area contributed by atoms with E-state index in [0.29, 0.717) is 16.9 Å². The molecule has 1 amide bonds. The average molecular weight is 426 g/mol. The molecule has 1 saturated carbocycles. The fraction of sp³-hybridized carbons (Fsp3) is 0.435. The fourth-order valence-corrected chi connectivity index (χ4v) is 4.79. The molecule has 0 unspecified atom stereocenters. The van der Waals surface area contributed by atoms with Gasteiger partial charge in [0.2, 0.25) is 0 Å². The number of thioether (sulfide) groups is 1. The van der Waals surface area contributed by atoms with Gasteiger partial charge in [-0.15, -0.1) is 11.8 Å². The summed E-state index contributed by atoms with van der Waals surface area (Å²) in [5.41, 5.74) is 2.80. The number of carbonyl (C=O) groups excluding carboxylic acids is 2. The minimum atomic E-state index is -0.527. The lowest BCUT2D eigenvalue weighted by atomic mass is 10.2. The summed E-state index contributed by atoms with van der Waals surface area (Å²) in [7, 11) is 0. The van der Waals surface area contributed by atoms with Gasteiger partial charge in [0.15, 0.2) is 6.61 Å². The molecule has 1 aliphatic rings. The van der Waals surface area contributed by atoms with E-state index in [4.69, 9.17) is 4.74 Å². The van der Waals surface area contributed by atoms with Crippen LogP contribution in [0.15, 0.2) is 29.2 Å². The number of anilines is 1. The molecule has 0 radical (unpaired) electrons. The monoisotopic (exact) mass is 425 g/mol. The third-order valence-corrected chi connectivity index (χ3v) is 6.51. The van der Waals surface area contributed by atoms with E-state index in [2.05, 4.69) is 16.0 Å². The molecular weight excluding hydrogens is 398 g/mol. The molecule has 1 N–H and O–H groups in total. The predicted octanol–water partition coefficient (Wildman–Crippen LogP) is 5.00. The summed E-state index contributed by atoms with van der Waals surface area (Å²) >= 11 is 1.55. The standard InChI is InChI=1S/C23H27N3O3S/c1-4-30-20-12-8-7-11-18(20)23(28)29-14-21(27)25-22-19(13-24)15(2)16(3)26(22)17-9-5-6-10-17/h7-8,11-12,17H,4-6,9-10,14H2,1-3H3,(H,25,27). The van der Waals surface area contributed by atoms with Crippen LogP contribution in [0.25, 0.3) is 0 Å². The summed E-state index contributed by atoms with van der Waals surface area (Å²) in [5, 5.41) is 12.5. The number of nitrogens with zero attached hydrogens (tertiary/aromatic N) is 2. The van der Waals surface area contributed by atoms with Crippen LogP contribution in [0.5, 0.6) is 0 Å². The van der Waals surface area contributed by atoms with Crippen molar-refractivity contribution in [3.05, 3.63) is 46.6 Å². The second-order valence-electron chi connectivity index (χ2n) is 7.41. The SMILES string of the molecule is CCSc1ccccc1C(=O)OCC(=O)Nc1c(C#N)c(C)c(C)n1C1CCCC1. The summed E-state index contributed by atoms with van der Waals surface area (Å²) in [6.07, 6.45) is 4.35. The van der Waals surface area contributed by atoms with Crippen molar-refractivity contribution in [2.45, 2.75) is 57.4 Å². The molecule has 1 aromatic carbocycles. The van der Waals surface area contributed by atoms with E-state index in [1.807, 2.05) is 32.9 Å². The molecule has 1 fully saturated rings. The van der Waals surface area contributed by atoms with Crippen LogP contribution in [0.1, 0.15) is 65.8 Å². The van der Waals surface area contributed by atoms with E-state index in [9.17, 15) is 14.9 Å². The first-order valence-electron chi connectivity index (χ1n) is 10.3. The highest BCUT2D eigenvalue weighted by molar-refractivity contribution is 7.99. The van der Waals surface area contributed by atoms with Crippen LogP contribution in [0.4, 0.5) is 5.82 Å². The maximum absolute atomic E-state index is 12.6. The molecule has 7 heteroatoms. The third kappa shape index (κ3) is 4.54. The first-order chi connectivity index (χ1) is 14.5. The normalized spacial score (nSPS) is 13.8. The Morgan fingerprint density at radius 1 is 1.27 bits per heavy atom. The quantitative estimate of drug-likeness (QED) is 0.498. The zero-order valence-corrected chi connectivity index (χ0v) is 18.5. The first kappa shape index (κ1) is 22.0. The Labute approximate surface area is 181 Å². The minimum Gasteiger partial charge on any atom is -0.452 e. The Hall–Kier alpha value is -2.72. The zero-order chi connectivity index (χ0) is 21.7. The van der Waals surface area contributed by atoms with Crippen LogP contribution < -0.4 is 5.32 Å². The molecule has 3 rings (SSSR count). The number of benzene rings is 1. The molecule has 2 aromatic rings. The fourth-order valence-electron chi connectivity index (χ4n) is 4.00. The van der Waals surface area contributed by atoms with Crippen LogP contribution in [0.3, 0.4) is 0 Å². The number of hydrogen-bond donors (Lipinski definition) is 1. The number of hydrogen-bond acceptors (Lipinski definition) is 5.